The molecule has 1 rings (SSSR count). The molecule has 1 heterocycles. The van der Waals surface area contributed by atoms with Crippen molar-refractivity contribution < 1.29 is 9.84 Å². The highest BCUT2D eigenvalue weighted by atomic mass is 16.5. The Labute approximate surface area is 43.1 Å². The first-order chi connectivity index (χ1) is 3.39. The Morgan fingerprint density at radius 2 is 2.43 bits per heavy atom. The summed E-state index contributed by atoms with van der Waals surface area (Å²) in [4.78, 5) is 0. The van der Waals surface area contributed by atoms with E-state index in [1.807, 2.05) is 0 Å². The molecule has 1 unspecified atom stereocenters. The fourth-order valence-electron chi connectivity index (χ4n) is 0.711. The molecular formula is C5H9O2-. The zero-order valence-electron chi connectivity index (χ0n) is 4.22. The molecule has 0 saturated carbocycles. The van der Waals surface area contributed by atoms with Crippen LogP contribution in [0.3, 0.4) is 0 Å². The van der Waals surface area contributed by atoms with E-state index in [0.29, 0.717) is 6.61 Å². The summed E-state index contributed by atoms with van der Waals surface area (Å²) in [5.74, 6) is 0. The van der Waals surface area contributed by atoms with Gasteiger partial charge >= 0.3 is 0 Å². The Bertz CT molecular complexity index is 48.0. The molecule has 1 atom stereocenters. The molecule has 1 fully saturated rings. The molecule has 0 amide bonds. The van der Waals surface area contributed by atoms with Gasteiger partial charge in [-0.05, 0) is 6.42 Å². The van der Waals surface area contributed by atoms with Crippen LogP contribution < -0.4 is 5.11 Å². The Balaban J connectivity index is 2.12. The Morgan fingerprint density at radius 3 is 2.71 bits per heavy atom. The van der Waals surface area contributed by atoms with Gasteiger partial charge in [0.25, 0.3) is 0 Å². The fraction of sp³-hybridized carbons (Fsp3) is 1.00. The van der Waals surface area contributed by atoms with Crippen LogP contribution in [0.15, 0.2) is 0 Å². The van der Waals surface area contributed by atoms with E-state index in [1.54, 1.807) is 0 Å². The van der Waals surface area contributed by atoms with Gasteiger partial charge in [0, 0.05) is 13.2 Å². The average Bonchev–Trinajstić information content (AvgIpc) is 1.69. The average molecular weight is 101 g/mol. The van der Waals surface area contributed by atoms with Crippen LogP contribution in [0.1, 0.15) is 12.8 Å². The zero-order valence-corrected chi connectivity index (χ0v) is 4.22. The lowest BCUT2D eigenvalue weighted by Crippen LogP contribution is -2.34. The lowest BCUT2D eigenvalue weighted by atomic mass is 10.2. The zero-order chi connectivity index (χ0) is 5.11. The van der Waals surface area contributed by atoms with Crippen molar-refractivity contribution in [2.75, 3.05) is 13.2 Å². The quantitative estimate of drug-likeness (QED) is 0.413. The topological polar surface area (TPSA) is 32.3 Å². The minimum absolute atomic E-state index is 0.431. The van der Waals surface area contributed by atoms with E-state index < -0.39 is 6.10 Å². The van der Waals surface area contributed by atoms with E-state index in [0.717, 1.165) is 19.4 Å². The van der Waals surface area contributed by atoms with E-state index in [-0.39, 0.29) is 0 Å². The Hall–Kier alpha value is -0.0800. The first-order valence-corrected chi connectivity index (χ1v) is 2.63. The maximum atomic E-state index is 10.4. The van der Waals surface area contributed by atoms with Gasteiger partial charge < -0.3 is 9.84 Å². The molecule has 2 nitrogen and oxygen atoms in total. The molecule has 1 aliphatic rings. The summed E-state index contributed by atoms with van der Waals surface area (Å²) in [5, 5.41) is 10.4. The van der Waals surface area contributed by atoms with E-state index in [9.17, 15) is 5.11 Å². The van der Waals surface area contributed by atoms with Gasteiger partial charge in [0.05, 0.1) is 0 Å². The molecule has 42 valence electrons. The summed E-state index contributed by atoms with van der Waals surface area (Å²) >= 11 is 0. The Kier molecular flexibility index (Phi) is 1.65. The first kappa shape index (κ1) is 5.06. The molecule has 0 radical (unpaired) electrons. The van der Waals surface area contributed by atoms with Gasteiger partial charge in [-0.3, -0.25) is 0 Å². The molecular weight excluding hydrogens is 92.1 g/mol. The van der Waals surface area contributed by atoms with Crippen molar-refractivity contribution in [3.8, 4) is 0 Å². The fourth-order valence-corrected chi connectivity index (χ4v) is 0.711. The van der Waals surface area contributed by atoms with Crippen molar-refractivity contribution >= 4 is 0 Å². The lowest BCUT2D eigenvalue weighted by molar-refractivity contribution is -0.433. The molecule has 0 aliphatic carbocycles. The minimum atomic E-state index is -0.436. The van der Waals surface area contributed by atoms with Gasteiger partial charge in [0.15, 0.2) is 0 Å². The maximum Gasteiger partial charge on any atom is 0.0465 e. The van der Waals surface area contributed by atoms with E-state index in [2.05, 4.69) is 0 Å². The normalized spacial score (nSPS) is 33.0. The standard InChI is InChI=1S/C5H9O2/c6-5-2-1-3-7-4-5/h5H,1-4H2/q-1. The highest BCUT2D eigenvalue weighted by molar-refractivity contribution is 4.56. The molecule has 1 saturated heterocycles. The van der Waals surface area contributed by atoms with Gasteiger partial charge in [0.2, 0.25) is 0 Å². The van der Waals surface area contributed by atoms with Crippen molar-refractivity contribution in [1.82, 2.24) is 0 Å². The second-order valence-electron chi connectivity index (χ2n) is 1.84. The highest BCUT2D eigenvalue weighted by Crippen LogP contribution is 2.01. The number of ether oxygens (including phenoxy) is 1. The molecule has 0 bridgehead atoms. The molecule has 0 spiro atoms. The number of rotatable bonds is 0. The third-order valence-electron chi connectivity index (χ3n) is 1.12. The van der Waals surface area contributed by atoms with Gasteiger partial charge in [-0.15, -0.1) is 6.10 Å². The molecule has 0 N–H and O–H groups in total. The maximum absolute atomic E-state index is 10.4. The van der Waals surface area contributed by atoms with Crippen LogP contribution >= 0.6 is 0 Å². The number of hydrogen-bond donors (Lipinski definition) is 0. The van der Waals surface area contributed by atoms with Crippen molar-refractivity contribution in [2.24, 2.45) is 0 Å². The van der Waals surface area contributed by atoms with Crippen LogP contribution in [0, 0.1) is 0 Å². The smallest absolute Gasteiger partial charge is 0.0465 e. The third kappa shape index (κ3) is 1.45. The highest BCUT2D eigenvalue weighted by Gasteiger charge is 2.00. The van der Waals surface area contributed by atoms with Crippen molar-refractivity contribution in [1.29, 1.82) is 0 Å². The van der Waals surface area contributed by atoms with Gasteiger partial charge in [0.1, 0.15) is 0 Å². The van der Waals surface area contributed by atoms with E-state index in [4.69, 9.17) is 4.74 Å². The van der Waals surface area contributed by atoms with Crippen LogP contribution in [-0.2, 0) is 4.74 Å². The van der Waals surface area contributed by atoms with Crippen LogP contribution in [-0.4, -0.2) is 19.3 Å². The van der Waals surface area contributed by atoms with Crippen molar-refractivity contribution in [3.05, 3.63) is 0 Å². The van der Waals surface area contributed by atoms with Gasteiger partial charge in [-0.1, -0.05) is 6.42 Å². The Morgan fingerprint density at radius 1 is 1.57 bits per heavy atom. The van der Waals surface area contributed by atoms with E-state index in [1.165, 1.54) is 0 Å². The molecule has 0 aromatic carbocycles. The van der Waals surface area contributed by atoms with Gasteiger partial charge in [-0.2, -0.15) is 0 Å². The van der Waals surface area contributed by atoms with Crippen LogP contribution in [0.4, 0.5) is 0 Å². The summed E-state index contributed by atoms with van der Waals surface area (Å²) < 4.78 is 4.87. The summed E-state index contributed by atoms with van der Waals surface area (Å²) in [5.41, 5.74) is 0. The SMILES string of the molecule is [O-]C1CCCOC1. The van der Waals surface area contributed by atoms with Crippen molar-refractivity contribution in [3.63, 3.8) is 0 Å². The molecule has 7 heavy (non-hydrogen) atoms. The molecule has 1 aliphatic heterocycles. The molecule has 2 heteroatoms. The summed E-state index contributed by atoms with van der Waals surface area (Å²) in [7, 11) is 0. The number of hydrogen-bond acceptors (Lipinski definition) is 2. The minimum Gasteiger partial charge on any atom is -0.850 e. The monoisotopic (exact) mass is 101 g/mol. The molecule has 0 aromatic heterocycles. The van der Waals surface area contributed by atoms with Crippen LogP contribution in [0.5, 0.6) is 0 Å². The lowest BCUT2D eigenvalue weighted by Gasteiger charge is -2.26. The predicted octanol–water partition coefficient (Wildman–Crippen LogP) is -0.474. The second kappa shape index (κ2) is 2.28. The summed E-state index contributed by atoms with van der Waals surface area (Å²) in [6.45, 7) is 1.22. The van der Waals surface area contributed by atoms with Crippen LogP contribution in [0.25, 0.3) is 0 Å². The molecule has 0 aromatic rings. The van der Waals surface area contributed by atoms with Crippen molar-refractivity contribution in [2.45, 2.75) is 18.9 Å². The first-order valence-electron chi connectivity index (χ1n) is 2.63. The van der Waals surface area contributed by atoms with E-state index >= 15 is 0 Å². The largest absolute Gasteiger partial charge is 0.850 e. The second-order valence-corrected chi connectivity index (χ2v) is 1.84. The summed E-state index contributed by atoms with van der Waals surface area (Å²) in [6.07, 6.45) is 1.32. The predicted molar refractivity (Wildman–Crippen MR) is 23.8 cm³/mol. The van der Waals surface area contributed by atoms with Gasteiger partial charge in [-0.25, -0.2) is 0 Å². The van der Waals surface area contributed by atoms with Crippen LogP contribution in [0.2, 0.25) is 0 Å². The third-order valence-corrected chi connectivity index (χ3v) is 1.12. The summed E-state index contributed by atoms with van der Waals surface area (Å²) in [6, 6.07) is 0.